The zero-order valence-electron chi connectivity index (χ0n) is 9.25. The Morgan fingerprint density at radius 2 is 2.07 bits per heavy atom. The van der Waals surface area contributed by atoms with E-state index in [-0.39, 0.29) is 0 Å². The summed E-state index contributed by atoms with van der Waals surface area (Å²) < 4.78 is 5.96. The Hall–Kier alpha value is -0.430. The molecule has 4 nitrogen and oxygen atoms in total. The number of aromatic nitrogens is 2. The summed E-state index contributed by atoms with van der Waals surface area (Å²) in [5.41, 5.74) is 6.85. The predicted octanol–water partition coefficient (Wildman–Crippen LogP) is 1.98. The third kappa shape index (κ3) is 3.27. The molecule has 0 aromatic carbocycles. The molecule has 2 N–H and O–H groups in total. The van der Waals surface area contributed by atoms with Crippen LogP contribution in [0, 0.1) is 3.57 Å². The van der Waals surface area contributed by atoms with Crippen molar-refractivity contribution < 1.29 is 4.74 Å². The third-order valence-corrected chi connectivity index (χ3v) is 3.13. The minimum Gasteiger partial charge on any atom is -0.384 e. The number of rotatable bonds is 4. The fourth-order valence-electron chi connectivity index (χ4n) is 1.22. The number of nitrogens with two attached hydrogens (primary N) is 1. The Kier molecular flexibility index (Phi) is 4.72. The normalized spacial score (nSPS) is 11.0. The third-order valence-electron chi connectivity index (χ3n) is 2.03. The van der Waals surface area contributed by atoms with Gasteiger partial charge in [0.1, 0.15) is 11.6 Å². The molecule has 0 amide bonds. The number of anilines is 1. The van der Waals surface area contributed by atoms with Crippen LogP contribution in [0.25, 0.3) is 0 Å². The molecule has 1 aromatic heterocycles. The lowest BCUT2D eigenvalue weighted by molar-refractivity contribution is 0.200. The van der Waals surface area contributed by atoms with Crippen LogP contribution in [0.5, 0.6) is 0 Å². The number of methoxy groups -OCH3 is 1. The maximum atomic E-state index is 5.83. The Morgan fingerprint density at radius 1 is 1.40 bits per heavy atom. The van der Waals surface area contributed by atoms with Crippen molar-refractivity contribution in [3.05, 3.63) is 15.1 Å². The second kappa shape index (κ2) is 5.60. The number of hydrogen-bond donors (Lipinski definition) is 1. The standard InChI is InChI=1S/C10H16IN3O/c1-6(2)9-8(11)10(12)14-7(13-9)4-5-15-3/h6H,4-5H2,1-3H3,(H2,12,13,14). The topological polar surface area (TPSA) is 61.0 Å². The lowest BCUT2D eigenvalue weighted by atomic mass is 10.1. The molecule has 0 fully saturated rings. The van der Waals surface area contributed by atoms with Crippen LogP contribution in [0.1, 0.15) is 31.3 Å². The Morgan fingerprint density at radius 3 is 2.60 bits per heavy atom. The summed E-state index contributed by atoms with van der Waals surface area (Å²) in [5.74, 6) is 1.70. The molecule has 1 aromatic rings. The van der Waals surface area contributed by atoms with Crippen molar-refractivity contribution in [2.75, 3.05) is 19.5 Å². The number of nitrogens with zero attached hydrogens (tertiary/aromatic N) is 2. The van der Waals surface area contributed by atoms with Crippen molar-refractivity contribution in [3.8, 4) is 0 Å². The van der Waals surface area contributed by atoms with Gasteiger partial charge >= 0.3 is 0 Å². The average Bonchev–Trinajstić information content (AvgIpc) is 2.19. The number of hydrogen-bond acceptors (Lipinski definition) is 4. The number of nitrogen functional groups attached to an aromatic ring is 1. The van der Waals surface area contributed by atoms with Gasteiger partial charge in [-0.1, -0.05) is 13.8 Å². The molecule has 1 heterocycles. The smallest absolute Gasteiger partial charge is 0.140 e. The molecule has 0 aliphatic carbocycles. The molecule has 0 bridgehead atoms. The Bertz CT molecular complexity index is 342. The monoisotopic (exact) mass is 321 g/mol. The molecule has 0 saturated heterocycles. The van der Waals surface area contributed by atoms with Gasteiger partial charge in [-0.2, -0.15) is 0 Å². The fourth-order valence-corrected chi connectivity index (χ4v) is 2.08. The van der Waals surface area contributed by atoms with Gasteiger partial charge < -0.3 is 10.5 Å². The highest BCUT2D eigenvalue weighted by atomic mass is 127. The first-order chi connectivity index (χ1) is 7.06. The summed E-state index contributed by atoms with van der Waals surface area (Å²) in [4.78, 5) is 8.72. The van der Waals surface area contributed by atoms with E-state index in [9.17, 15) is 0 Å². The van der Waals surface area contributed by atoms with Crippen molar-refractivity contribution in [2.24, 2.45) is 0 Å². The van der Waals surface area contributed by atoms with Gasteiger partial charge in [-0.3, -0.25) is 0 Å². The van der Waals surface area contributed by atoms with Crippen molar-refractivity contribution in [1.29, 1.82) is 0 Å². The lowest BCUT2D eigenvalue weighted by Crippen LogP contribution is -2.10. The Labute approximate surface area is 104 Å². The van der Waals surface area contributed by atoms with Crippen molar-refractivity contribution in [1.82, 2.24) is 9.97 Å². The van der Waals surface area contributed by atoms with E-state index in [1.54, 1.807) is 7.11 Å². The minimum absolute atomic E-state index is 0.364. The zero-order valence-corrected chi connectivity index (χ0v) is 11.4. The first-order valence-electron chi connectivity index (χ1n) is 4.87. The van der Waals surface area contributed by atoms with E-state index in [0.29, 0.717) is 24.8 Å². The van der Waals surface area contributed by atoms with Crippen LogP contribution in [0.15, 0.2) is 0 Å². The van der Waals surface area contributed by atoms with Gasteiger partial charge in [-0.05, 0) is 28.5 Å². The molecular weight excluding hydrogens is 305 g/mol. The molecule has 0 radical (unpaired) electrons. The minimum atomic E-state index is 0.364. The maximum Gasteiger partial charge on any atom is 0.140 e. The second-order valence-electron chi connectivity index (χ2n) is 3.62. The fraction of sp³-hybridized carbons (Fsp3) is 0.600. The van der Waals surface area contributed by atoms with Crippen LogP contribution in [-0.2, 0) is 11.2 Å². The summed E-state index contributed by atoms with van der Waals surface area (Å²) in [7, 11) is 1.67. The summed E-state index contributed by atoms with van der Waals surface area (Å²) >= 11 is 2.19. The Balaban J connectivity index is 3.00. The number of ether oxygens (including phenoxy) is 1. The highest BCUT2D eigenvalue weighted by molar-refractivity contribution is 14.1. The van der Waals surface area contributed by atoms with E-state index in [0.717, 1.165) is 15.1 Å². The van der Waals surface area contributed by atoms with Crippen LogP contribution in [-0.4, -0.2) is 23.7 Å². The summed E-state index contributed by atoms with van der Waals surface area (Å²) in [6, 6.07) is 0. The van der Waals surface area contributed by atoms with E-state index in [2.05, 4.69) is 46.4 Å². The van der Waals surface area contributed by atoms with E-state index in [1.165, 1.54) is 0 Å². The predicted molar refractivity (Wildman–Crippen MR) is 68.8 cm³/mol. The van der Waals surface area contributed by atoms with Crippen LogP contribution in [0.2, 0.25) is 0 Å². The lowest BCUT2D eigenvalue weighted by Gasteiger charge is -2.11. The quantitative estimate of drug-likeness (QED) is 0.862. The van der Waals surface area contributed by atoms with E-state index < -0.39 is 0 Å². The molecule has 0 aliphatic heterocycles. The average molecular weight is 321 g/mol. The molecule has 84 valence electrons. The summed E-state index contributed by atoms with van der Waals surface area (Å²) in [6.45, 7) is 4.83. The van der Waals surface area contributed by atoms with Crippen LogP contribution in [0.4, 0.5) is 5.82 Å². The molecular formula is C10H16IN3O. The van der Waals surface area contributed by atoms with Crippen LogP contribution in [0.3, 0.4) is 0 Å². The van der Waals surface area contributed by atoms with Gasteiger partial charge in [-0.25, -0.2) is 9.97 Å². The van der Waals surface area contributed by atoms with Gasteiger partial charge in [0, 0.05) is 13.5 Å². The SMILES string of the molecule is COCCc1nc(N)c(I)c(C(C)C)n1. The maximum absolute atomic E-state index is 5.83. The largest absolute Gasteiger partial charge is 0.384 e. The molecule has 15 heavy (non-hydrogen) atoms. The highest BCUT2D eigenvalue weighted by Gasteiger charge is 2.12. The van der Waals surface area contributed by atoms with Crippen LogP contribution < -0.4 is 5.73 Å². The second-order valence-corrected chi connectivity index (χ2v) is 4.70. The van der Waals surface area contributed by atoms with Crippen molar-refractivity contribution >= 4 is 28.4 Å². The molecule has 5 heteroatoms. The van der Waals surface area contributed by atoms with E-state index in [4.69, 9.17) is 10.5 Å². The molecule has 0 unspecified atom stereocenters. The number of halogens is 1. The highest BCUT2D eigenvalue weighted by Crippen LogP contribution is 2.23. The first-order valence-corrected chi connectivity index (χ1v) is 5.94. The van der Waals surface area contributed by atoms with Gasteiger partial charge in [-0.15, -0.1) is 0 Å². The first kappa shape index (κ1) is 12.6. The molecule has 0 atom stereocenters. The van der Waals surface area contributed by atoms with Gasteiger partial charge in [0.05, 0.1) is 15.9 Å². The van der Waals surface area contributed by atoms with E-state index >= 15 is 0 Å². The summed E-state index contributed by atoms with van der Waals surface area (Å²) in [5, 5.41) is 0. The van der Waals surface area contributed by atoms with Crippen molar-refractivity contribution in [3.63, 3.8) is 0 Å². The van der Waals surface area contributed by atoms with Crippen molar-refractivity contribution in [2.45, 2.75) is 26.2 Å². The van der Waals surface area contributed by atoms with Gasteiger partial charge in [0.2, 0.25) is 0 Å². The van der Waals surface area contributed by atoms with Gasteiger partial charge in [0.15, 0.2) is 0 Å². The zero-order chi connectivity index (χ0) is 11.4. The molecule has 0 aliphatic rings. The summed E-state index contributed by atoms with van der Waals surface area (Å²) in [6.07, 6.45) is 0.706. The molecule has 1 rings (SSSR count). The van der Waals surface area contributed by atoms with Crippen LogP contribution >= 0.6 is 22.6 Å². The molecule has 0 spiro atoms. The molecule has 0 saturated carbocycles. The van der Waals surface area contributed by atoms with Gasteiger partial charge in [0.25, 0.3) is 0 Å². The van der Waals surface area contributed by atoms with E-state index in [1.807, 2.05) is 0 Å².